The predicted octanol–water partition coefficient (Wildman–Crippen LogP) is 2.34. The van der Waals surface area contributed by atoms with E-state index in [4.69, 9.17) is 11.6 Å². The van der Waals surface area contributed by atoms with Crippen molar-refractivity contribution in [2.24, 2.45) is 0 Å². The number of rotatable bonds is 4. The number of imidazole rings is 1. The Bertz CT molecular complexity index is 537. The van der Waals surface area contributed by atoms with Crippen molar-refractivity contribution in [2.75, 3.05) is 6.54 Å². The molecule has 1 aromatic heterocycles. The molecule has 0 radical (unpaired) electrons. The van der Waals surface area contributed by atoms with Crippen LogP contribution >= 0.6 is 11.6 Å². The van der Waals surface area contributed by atoms with Gasteiger partial charge < -0.3 is 10.3 Å². The van der Waals surface area contributed by atoms with Gasteiger partial charge in [0, 0.05) is 35.9 Å². The summed E-state index contributed by atoms with van der Waals surface area (Å²) in [4.78, 5) is 19.0. The van der Waals surface area contributed by atoms with E-state index in [1.165, 1.54) is 0 Å². The fraction of sp³-hybridized carbons (Fsp3) is 0.231. The van der Waals surface area contributed by atoms with Gasteiger partial charge in [0.1, 0.15) is 5.82 Å². The summed E-state index contributed by atoms with van der Waals surface area (Å²) in [6.07, 6.45) is 4.13. The number of nitrogens with zero attached hydrogens (tertiary/aromatic N) is 1. The van der Waals surface area contributed by atoms with Crippen molar-refractivity contribution < 1.29 is 4.79 Å². The lowest BCUT2D eigenvalue weighted by atomic mass is 10.1. The molecule has 2 rings (SSSR count). The van der Waals surface area contributed by atoms with Crippen LogP contribution in [0.3, 0.4) is 0 Å². The third kappa shape index (κ3) is 3.11. The highest BCUT2D eigenvalue weighted by Crippen LogP contribution is 2.15. The van der Waals surface area contributed by atoms with Gasteiger partial charge in [-0.15, -0.1) is 0 Å². The molecule has 18 heavy (non-hydrogen) atoms. The van der Waals surface area contributed by atoms with Crippen LogP contribution in [0.2, 0.25) is 5.02 Å². The third-order valence-corrected chi connectivity index (χ3v) is 2.88. The van der Waals surface area contributed by atoms with Crippen LogP contribution in [0.15, 0.2) is 30.6 Å². The average molecular weight is 264 g/mol. The molecule has 0 saturated heterocycles. The second-order valence-electron chi connectivity index (χ2n) is 4.00. The molecule has 1 amide bonds. The first-order chi connectivity index (χ1) is 8.66. The summed E-state index contributed by atoms with van der Waals surface area (Å²) in [7, 11) is 0. The number of halogens is 1. The van der Waals surface area contributed by atoms with Crippen LogP contribution in [0, 0.1) is 6.92 Å². The first kappa shape index (κ1) is 12.6. The first-order valence-corrected chi connectivity index (χ1v) is 6.07. The zero-order valence-corrected chi connectivity index (χ0v) is 10.8. The number of amides is 1. The van der Waals surface area contributed by atoms with E-state index < -0.39 is 0 Å². The molecule has 0 saturated carbocycles. The Morgan fingerprint density at radius 2 is 2.33 bits per heavy atom. The largest absolute Gasteiger partial charge is 0.352 e. The predicted molar refractivity (Wildman–Crippen MR) is 70.8 cm³/mol. The van der Waals surface area contributed by atoms with Crippen molar-refractivity contribution in [1.82, 2.24) is 15.3 Å². The molecule has 0 aliphatic carbocycles. The molecule has 5 heteroatoms. The number of hydrogen-bond donors (Lipinski definition) is 2. The maximum atomic E-state index is 11.9. The fourth-order valence-electron chi connectivity index (χ4n) is 1.66. The van der Waals surface area contributed by atoms with Gasteiger partial charge >= 0.3 is 0 Å². The number of H-pyrrole nitrogens is 1. The van der Waals surface area contributed by atoms with E-state index in [-0.39, 0.29) is 5.91 Å². The lowest BCUT2D eigenvalue weighted by Crippen LogP contribution is -2.26. The zero-order chi connectivity index (χ0) is 13.0. The van der Waals surface area contributed by atoms with E-state index in [0.717, 1.165) is 11.4 Å². The van der Waals surface area contributed by atoms with Crippen LogP contribution in [-0.2, 0) is 6.42 Å². The Morgan fingerprint density at radius 1 is 1.50 bits per heavy atom. The van der Waals surface area contributed by atoms with E-state index in [2.05, 4.69) is 15.3 Å². The van der Waals surface area contributed by atoms with Gasteiger partial charge in [-0.25, -0.2) is 4.98 Å². The second kappa shape index (κ2) is 5.69. The van der Waals surface area contributed by atoms with E-state index in [1.54, 1.807) is 24.5 Å². The molecule has 2 aromatic rings. The summed E-state index contributed by atoms with van der Waals surface area (Å²) in [6, 6.07) is 5.29. The fourth-order valence-corrected chi connectivity index (χ4v) is 1.84. The summed E-state index contributed by atoms with van der Waals surface area (Å²) in [5, 5.41) is 3.41. The van der Waals surface area contributed by atoms with Crippen molar-refractivity contribution in [3.63, 3.8) is 0 Å². The molecule has 0 spiro atoms. The Hall–Kier alpha value is -1.81. The highest BCUT2D eigenvalue weighted by atomic mass is 35.5. The minimum absolute atomic E-state index is 0.110. The molecular formula is C13H14ClN3O. The summed E-state index contributed by atoms with van der Waals surface area (Å²) >= 11 is 5.88. The Morgan fingerprint density at radius 3 is 3.06 bits per heavy atom. The molecule has 0 fully saturated rings. The van der Waals surface area contributed by atoms with Crippen molar-refractivity contribution in [3.8, 4) is 0 Å². The summed E-state index contributed by atoms with van der Waals surface area (Å²) in [5.74, 6) is 0.750. The number of aryl methyl sites for hydroxylation is 1. The molecule has 0 bridgehead atoms. The van der Waals surface area contributed by atoms with E-state index in [0.29, 0.717) is 23.6 Å². The first-order valence-electron chi connectivity index (χ1n) is 5.69. The van der Waals surface area contributed by atoms with Crippen LogP contribution in [0.5, 0.6) is 0 Å². The molecule has 94 valence electrons. The highest BCUT2D eigenvalue weighted by Gasteiger charge is 2.09. The quantitative estimate of drug-likeness (QED) is 0.890. The molecule has 2 N–H and O–H groups in total. The molecule has 0 atom stereocenters. The SMILES string of the molecule is Cc1ccc(Cl)cc1C(=O)NCCc1ncc[nH]1. The lowest BCUT2D eigenvalue weighted by molar-refractivity contribution is 0.0953. The van der Waals surface area contributed by atoms with Gasteiger partial charge in [-0.05, 0) is 24.6 Å². The van der Waals surface area contributed by atoms with Crippen molar-refractivity contribution in [3.05, 3.63) is 52.6 Å². The molecule has 1 aromatic carbocycles. The van der Waals surface area contributed by atoms with Crippen molar-refractivity contribution in [2.45, 2.75) is 13.3 Å². The Balaban J connectivity index is 1.93. The number of aromatic amines is 1. The van der Waals surface area contributed by atoms with Gasteiger partial charge in [-0.3, -0.25) is 4.79 Å². The maximum absolute atomic E-state index is 11.9. The van der Waals surface area contributed by atoms with Gasteiger partial charge in [0.2, 0.25) is 0 Å². The number of carbonyl (C=O) groups excluding carboxylic acids is 1. The van der Waals surface area contributed by atoms with E-state index in [9.17, 15) is 4.79 Å². The average Bonchev–Trinajstić information content (AvgIpc) is 2.85. The molecule has 0 aliphatic rings. The summed E-state index contributed by atoms with van der Waals surface area (Å²) in [5.41, 5.74) is 1.52. The van der Waals surface area contributed by atoms with Gasteiger partial charge in [0.15, 0.2) is 0 Å². The molecular weight excluding hydrogens is 250 g/mol. The van der Waals surface area contributed by atoms with Gasteiger partial charge in [-0.1, -0.05) is 17.7 Å². The van der Waals surface area contributed by atoms with E-state index in [1.807, 2.05) is 13.0 Å². The third-order valence-electron chi connectivity index (χ3n) is 2.65. The topological polar surface area (TPSA) is 57.8 Å². The standard InChI is InChI=1S/C13H14ClN3O/c1-9-2-3-10(14)8-11(9)13(18)17-5-4-12-15-6-7-16-12/h2-3,6-8H,4-5H2,1H3,(H,15,16)(H,17,18). The van der Waals surface area contributed by atoms with Crippen LogP contribution in [0.1, 0.15) is 21.7 Å². The Labute approximate surface area is 110 Å². The van der Waals surface area contributed by atoms with Gasteiger partial charge in [0.05, 0.1) is 0 Å². The normalized spacial score (nSPS) is 10.3. The van der Waals surface area contributed by atoms with Gasteiger partial charge in [0.25, 0.3) is 5.91 Å². The summed E-state index contributed by atoms with van der Waals surface area (Å²) in [6.45, 7) is 2.43. The summed E-state index contributed by atoms with van der Waals surface area (Å²) < 4.78 is 0. The number of aromatic nitrogens is 2. The molecule has 1 heterocycles. The second-order valence-corrected chi connectivity index (χ2v) is 4.44. The monoisotopic (exact) mass is 263 g/mol. The molecule has 0 unspecified atom stereocenters. The highest BCUT2D eigenvalue weighted by molar-refractivity contribution is 6.31. The number of benzene rings is 1. The van der Waals surface area contributed by atoms with Crippen LogP contribution in [-0.4, -0.2) is 22.4 Å². The number of nitrogens with one attached hydrogen (secondary N) is 2. The minimum Gasteiger partial charge on any atom is -0.352 e. The van der Waals surface area contributed by atoms with Crippen LogP contribution in [0.4, 0.5) is 0 Å². The van der Waals surface area contributed by atoms with E-state index >= 15 is 0 Å². The lowest BCUT2D eigenvalue weighted by Gasteiger charge is -2.07. The maximum Gasteiger partial charge on any atom is 0.251 e. The molecule has 0 aliphatic heterocycles. The van der Waals surface area contributed by atoms with Crippen LogP contribution < -0.4 is 5.32 Å². The number of hydrogen-bond acceptors (Lipinski definition) is 2. The Kier molecular flexibility index (Phi) is 3.99. The zero-order valence-electron chi connectivity index (χ0n) is 10.0. The molecule has 4 nitrogen and oxygen atoms in total. The van der Waals surface area contributed by atoms with Gasteiger partial charge in [-0.2, -0.15) is 0 Å². The van der Waals surface area contributed by atoms with Crippen molar-refractivity contribution in [1.29, 1.82) is 0 Å². The smallest absolute Gasteiger partial charge is 0.251 e. The number of carbonyl (C=O) groups is 1. The van der Waals surface area contributed by atoms with Crippen molar-refractivity contribution >= 4 is 17.5 Å². The minimum atomic E-state index is -0.110. The van der Waals surface area contributed by atoms with Crippen LogP contribution in [0.25, 0.3) is 0 Å².